The molecular weight excluding hydrogens is 236 g/mol. The van der Waals surface area contributed by atoms with Gasteiger partial charge in [-0.3, -0.25) is 4.98 Å². The van der Waals surface area contributed by atoms with E-state index in [1.165, 1.54) is 5.57 Å². The summed E-state index contributed by atoms with van der Waals surface area (Å²) in [5, 5.41) is 8.06. The molecule has 0 aliphatic carbocycles. The van der Waals surface area contributed by atoms with Gasteiger partial charge in [0, 0.05) is 23.0 Å². The number of nitrogens with zero attached hydrogens (tertiary/aromatic N) is 3. The molecule has 0 saturated carbocycles. The topological polar surface area (TPSA) is 64.7 Å². The summed E-state index contributed by atoms with van der Waals surface area (Å²) in [5.41, 5.74) is 10.8. The normalized spacial score (nSPS) is 11.6. The Kier molecular flexibility index (Phi) is 3.90. The van der Waals surface area contributed by atoms with Crippen molar-refractivity contribution in [1.29, 1.82) is 0 Å². The molecule has 0 aromatic carbocycles. The van der Waals surface area contributed by atoms with E-state index in [9.17, 15) is 0 Å². The second kappa shape index (κ2) is 5.61. The number of pyridine rings is 1. The maximum atomic E-state index is 5.58. The quantitative estimate of drug-likeness (QED) is 0.913. The van der Waals surface area contributed by atoms with Crippen LogP contribution >= 0.6 is 0 Å². The van der Waals surface area contributed by atoms with Gasteiger partial charge in [-0.2, -0.15) is 0 Å². The SMILES string of the molecule is CC/C(C)=C/c1c(-c2ccc(N)nn2)ccnc1C. The Morgan fingerprint density at radius 3 is 2.68 bits per heavy atom. The first-order chi connectivity index (χ1) is 9.11. The van der Waals surface area contributed by atoms with Crippen molar-refractivity contribution in [2.45, 2.75) is 27.2 Å². The Labute approximate surface area is 113 Å². The molecule has 0 aliphatic heterocycles. The van der Waals surface area contributed by atoms with Crippen LogP contribution in [0, 0.1) is 6.92 Å². The van der Waals surface area contributed by atoms with Gasteiger partial charge >= 0.3 is 0 Å². The number of hydrogen-bond acceptors (Lipinski definition) is 4. The van der Waals surface area contributed by atoms with Crippen molar-refractivity contribution < 1.29 is 0 Å². The molecule has 0 radical (unpaired) electrons. The summed E-state index contributed by atoms with van der Waals surface area (Å²) in [6, 6.07) is 5.61. The molecule has 4 nitrogen and oxygen atoms in total. The van der Waals surface area contributed by atoms with Crippen LogP contribution in [0.25, 0.3) is 17.3 Å². The first kappa shape index (κ1) is 13.2. The molecule has 2 heterocycles. The first-order valence-electron chi connectivity index (χ1n) is 6.34. The monoisotopic (exact) mass is 254 g/mol. The predicted octanol–water partition coefficient (Wildman–Crippen LogP) is 3.24. The summed E-state index contributed by atoms with van der Waals surface area (Å²) in [6.07, 6.45) is 4.97. The van der Waals surface area contributed by atoms with Crippen molar-refractivity contribution in [1.82, 2.24) is 15.2 Å². The minimum Gasteiger partial charge on any atom is -0.382 e. The average molecular weight is 254 g/mol. The smallest absolute Gasteiger partial charge is 0.146 e. The van der Waals surface area contributed by atoms with Crippen LogP contribution in [0.2, 0.25) is 0 Å². The summed E-state index contributed by atoms with van der Waals surface area (Å²) < 4.78 is 0. The number of rotatable bonds is 3. The molecule has 0 aliphatic rings. The summed E-state index contributed by atoms with van der Waals surface area (Å²) in [7, 11) is 0. The minimum atomic E-state index is 0.427. The number of allylic oxidation sites excluding steroid dienone is 1. The van der Waals surface area contributed by atoms with E-state index < -0.39 is 0 Å². The number of nitrogen functional groups attached to an aromatic ring is 1. The van der Waals surface area contributed by atoms with Crippen molar-refractivity contribution in [2.75, 3.05) is 5.73 Å². The van der Waals surface area contributed by atoms with Gasteiger partial charge in [0.05, 0.1) is 5.69 Å². The van der Waals surface area contributed by atoms with Gasteiger partial charge in [0.2, 0.25) is 0 Å². The third-order valence-electron chi connectivity index (χ3n) is 3.10. The zero-order chi connectivity index (χ0) is 13.8. The van der Waals surface area contributed by atoms with E-state index >= 15 is 0 Å². The van der Waals surface area contributed by atoms with Crippen LogP contribution in [0.5, 0.6) is 0 Å². The lowest BCUT2D eigenvalue weighted by molar-refractivity contribution is 1.04. The predicted molar refractivity (Wildman–Crippen MR) is 78.4 cm³/mol. The molecule has 98 valence electrons. The summed E-state index contributed by atoms with van der Waals surface area (Å²) in [5.74, 6) is 0.427. The summed E-state index contributed by atoms with van der Waals surface area (Å²) in [4.78, 5) is 4.35. The number of aryl methyl sites for hydroxylation is 1. The van der Waals surface area contributed by atoms with E-state index in [4.69, 9.17) is 5.73 Å². The fourth-order valence-corrected chi connectivity index (χ4v) is 1.82. The summed E-state index contributed by atoms with van der Waals surface area (Å²) >= 11 is 0. The van der Waals surface area contributed by atoms with Crippen LogP contribution in [0.3, 0.4) is 0 Å². The van der Waals surface area contributed by atoms with Crippen molar-refractivity contribution in [2.24, 2.45) is 0 Å². The molecule has 4 heteroatoms. The highest BCUT2D eigenvalue weighted by atomic mass is 15.1. The van der Waals surface area contributed by atoms with E-state index in [1.54, 1.807) is 12.3 Å². The highest BCUT2D eigenvalue weighted by Crippen LogP contribution is 2.25. The number of anilines is 1. The van der Waals surface area contributed by atoms with Gasteiger partial charge in [0.1, 0.15) is 5.82 Å². The Bertz CT molecular complexity index is 600. The molecule has 0 saturated heterocycles. The highest BCUT2D eigenvalue weighted by molar-refractivity contribution is 5.74. The van der Waals surface area contributed by atoms with E-state index in [-0.39, 0.29) is 0 Å². The van der Waals surface area contributed by atoms with Crippen LogP contribution in [0.15, 0.2) is 30.0 Å². The van der Waals surface area contributed by atoms with Crippen LogP contribution in [0.1, 0.15) is 31.5 Å². The second-order valence-electron chi connectivity index (χ2n) is 4.55. The summed E-state index contributed by atoms with van der Waals surface area (Å²) in [6.45, 7) is 6.26. The van der Waals surface area contributed by atoms with Gasteiger partial charge in [-0.05, 0) is 38.5 Å². The third-order valence-corrected chi connectivity index (χ3v) is 3.10. The average Bonchev–Trinajstić information content (AvgIpc) is 2.42. The number of nitrogens with two attached hydrogens (primary N) is 1. The minimum absolute atomic E-state index is 0.427. The highest BCUT2D eigenvalue weighted by Gasteiger charge is 2.08. The molecule has 0 fully saturated rings. The Hall–Kier alpha value is -2.23. The van der Waals surface area contributed by atoms with Gasteiger partial charge in [-0.15, -0.1) is 10.2 Å². The second-order valence-corrected chi connectivity index (χ2v) is 4.55. The first-order valence-corrected chi connectivity index (χ1v) is 6.34. The lowest BCUT2D eigenvalue weighted by Crippen LogP contribution is -1.97. The molecule has 0 atom stereocenters. The maximum absolute atomic E-state index is 5.58. The van der Waals surface area contributed by atoms with Crippen molar-refractivity contribution >= 4 is 11.9 Å². The molecule has 2 aromatic rings. The molecule has 2 rings (SSSR count). The van der Waals surface area contributed by atoms with Crippen molar-refractivity contribution in [3.05, 3.63) is 41.2 Å². The van der Waals surface area contributed by atoms with E-state index in [2.05, 4.69) is 35.1 Å². The zero-order valence-electron chi connectivity index (χ0n) is 11.5. The molecule has 0 spiro atoms. The Balaban J connectivity index is 2.57. The molecule has 0 unspecified atom stereocenters. The molecule has 2 N–H and O–H groups in total. The standard InChI is InChI=1S/C15H18N4/c1-4-10(2)9-13-11(3)17-8-7-12(13)14-5-6-15(16)19-18-14/h5-9H,4H2,1-3H3,(H2,16,19)/b10-9+. The lowest BCUT2D eigenvalue weighted by atomic mass is 10.0. The maximum Gasteiger partial charge on any atom is 0.146 e. The molecule has 0 amide bonds. The van der Waals surface area contributed by atoms with Crippen LogP contribution in [-0.4, -0.2) is 15.2 Å². The van der Waals surface area contributed by atoms with Crippen molar-refractivity contribution in [3.63, 3.8) is 0 Å². The zero-order valence-corrected chi connectivity index (χ0v) is 11.5. The van der Waals surface area contributed by atoms with Crippen molar-refractivity contribution in [3.8, 4) is 11.3 Å². The largest absolute Gasteiger partial charge is 0.382 e. The van der Waals surface area contributed by atoms with Gasteiger partial charge < -0.3 is 5.73 Å². The fraction of sp³-hybridized carbons (Fsp3) is 0.267. The molecule has 2 aromatic heterocycles. The van der Waals surface area contributed by atoms with Gasteiger partial charge in [-0.25, -0.2) is 0 Å². The van der Waals surface area contributed by atoms with Crippen LogP contribution in [0.4, 0.5) is 5.82 Å². The number of aromatic nitrogens is 3. The van der Waals surface area contributed by atoms with Gasteiger partial charge in [0.15, 0.2) is 0 Å². The van der Waals surface area contributed by atoms with E-state index in [0.29, 0.717) is 5.82 Å². The Morgan fingerprint density at radius 1 is 1.26 bits per heavy atom. The van der Waals surface area contributed by atoms with E-state index in [0.717, 1.165) is 28.9 Å². The van der Waals surface area contributed by atoms with Crippen LogP contribution < -0.4 is 5.73 Å². The number of hydrogen-bond donors (Lipinski definition) is 1. The van der Waals surface area contributed by atoms with Gasteiger partial charge in [0.25, 0.3) is 0 Å². The Morgan fingerprint density at radius 2 is 2.05 bits per heavy atom. The molecule has 0 bridgehead atoms. The lowest BCUT2D eigenvalue weighted by Gasteiger charge is -2.09. The molecule has 19 heavy (non-hydrogen) atoms. The fourth-order valence-electron chi connectivity index (χ4n) is 1.82. The third kappa shape index (κ3) is 2.96. The van der Waals surface area contributed by atoms with Gasteiger partial charge in [-0.1, -0.05) is 18.6 Å². The molecular formula is C15H18N4. The van der Waals surface area contributed by atoms with Crippen LogP contribution in [-0.2, 0) is 0 Å². The van der Waals surface area contributed by atoms with E-state index in [1.807, 2.05) is 19.1 Å².